The fourth-order valence-electron chi connectivity index (χ4n) is 6.07. The highest BCUT2D eigenvalue weighted by atomic mass is 35.5. The number of hydrogen-bond acceptors (Lipinski definition) is 2. The number of rotatable bonds is 1. The van der Waals surface area contributed by atoms with Gasteiger partial charge in [-0.1, -0.05) is 24.3 Å². The van der Waals surface area contributed by atoms with Crippen molar-refractivity contribution in [3.63, 3.8) is 0 Å². The summed E-state index contributed by atoms with van der Waals surface area (Å²) in [5, 5.41) is 3.66. The molecule has 1 unspecified atom stereocenters. The fraction of sp³-hybridized carbons (Fsp3) is 0.450. The minimum atomic E-state index is 0. The van der Waals surface area contributed by atoms with E-state index in [4.69, 9.17) is 0 Å². The summed E-state index contributed by atoms with van der Waals surface area (Å²) >= 11 is 0. The maximum absolute atomic E-state index is 12.0. The van der Waals surface area contributed by atoms with E-state index in [-0.39, 0.29) is 22.5 Å². The minimum Gasteiger partial charge on any atom is -1.00 e. The van der Waals surface area contributed by atoms with Crippen LogP contribution in [0.15, 0.2) is 47.2 Å². The number of quaternary nitrogens is 1. The maximum Gasteiger partial charge on any atom is 0.148 e. The number of aldehydes is 1. The van der Waals surface area contributed by atoms with Crippen molar-refractivity contribution in [2.24, 2.45) is 5.92 Å². The van der Waals surface area contributed by atoms with Crippen LogP contribution in [0.4, 0.5) is 10.4 Å². The third-order valence-electron chi connectivity index (χ3n) is 7.06. The van der Waals surface area contributed by atoms with Crippen LogP contribution >= 0.6 is 0 Å². The SMILES string of the molecule is C/C=C1/C[N+]2(C)CC[C@]34C(=C(C=O)[C@H]1C[C@@H]32)Nc1ccccc14.F.[Cl-]. The average molecular weight is 363 g/mol. The van der Waals surface area contributed by atoms with Gasteiger partial charge < -0.3 is 22.2 Å². The first-order valence-electron chi connectivity index (χ1n) is 8.70. The van der Waals surface area contributed by atoms with Crippen molar-refractivity contribution in [3.05, 3.63) is 52.7 Å². The van der Waals surface area contributed by atoms with E-state index >= 15 is 0 Å². The molecule has 4 atom stereocenters. The van der Waals surface area contributed by atoms with Crippen LogP contribution in [0, 0.1) is 5.92 Å². The number of piperidine rings is 1. The van der Waals surface area contributed by atoms with Gasteiger partial charge in [-0.25, -0.2) is 0 Å². The summed E-state index contributed by atoms with van der Waals surface area (Å²) in [5.41, 5.74) is 6.35. The Kier molecular flexibility index (Phi) is 4.12. The van der Waals surface area contributed by atoms with Crippen LogP contribution in [0.2, 0.25) is 0 Å². The molecule has 2 bridgehead atoms. The zero-order valence-electron chi connectivity index (χ0n) is 14.6. The highest BCUT2D eigenvalue weighted by molar-refractivity contribution is 5.84. The quantitative estimate of drug-likeness (QED) is 0.438. The lowest BCUT2D eigenvalue weighted by Crippen LogP contribution is -3.00. The first-order chi connectivity index (χ1) is 11.1. The van der Waals surface area contributed by atoms with Gasteiger partial charge in [-0.3, -0.25) is 9.50 Å². The number of carbonyl (C=O) groups is 1. The van der Waals surface area contributed by atoms with E-state index in [9.17, 15) is 4.79 Å². The molecule has 0 amide bonds. The van der Waals surface area contributed by atoms with Crippen LogP contribution in [0.5, 0.6) is 0 Å². The summed E-state index contributed by atoms with van der Waals surface area (Å²) in [6.45, 7) is 4.42. The monoisotopic (exact) mass is 362 g/mol. The first kappa shape index (κ1) is 18.2. The Balaban J connectivity index is 0.000000911. The molecule has 0 aromatic heterocycles. The third kappa shape index (κ3) is 1.92. The number of para-hydroxylation sites is 1. The van der Waals surface area contributed by atoms with Gasteiger partial charge in [-0.15, -0.1) is 0 Å². The number of fused-ring (bicyclic) bond motifs is 2. The molecule has 1 aliphatic carbocycles. The molecular weight excluding hydrogens is 339 g/mol. The molecule has 3 nitrogen and oxygen atoms in total. The maximum atomic E-state index is 12.0. The van der Waals surface area contributed by atoms with Gasteiger partial charge in [-0.05, 0) is 24.1 Å². The molecule has 25 heavy (non-hydrogen) atoms. The Morgan fingerprint density at radius 3 is 2.80 bits per heavy atom. The number of nitrogens with zero attached hydrogens (tertiary/aromatic N) is 1. The van der Waals surface area contributed by atoms with Crippen molar-refractivity contribution in [3.8, 4) is 0 Å². The van der Waals surface area contributed by atoms with E-state index in [0.717, 1.165) is 35.7 Å². The molecule has 1 N–H and O–H groups in total. The molecular formula is C20H24ClFN2O. The van der Waals surface area contributed by atoms with E-state index in [2.05, 4.69) is 49.6 Å². The van der Waals surface area contributed by atoms with Gasteiger partial charge in [0.05, 0.1) is 19.0 Å². The predicted molar refractivity (Wildman–Crippen MR) is 93.5 cm³/mol. The second-order valence-electron chi connectivity index (χ2n) is 7.87. The Morgan fingerprint density at radius 2 is 2.08 bits per heavy atom. The number of carbonyl (C=O) groups excluding carboxylic acids is 1. The van der Waals surface area contributed by atoms with Crippen LogP contribution < -0.4 is 17.7 Å². The van der Waals surface area contributed by atoms with Gasteiger partial charge in [0, 0.05) is 35.7 Å². The van der Waals surface area contributed by atoms with Gasteiger partial charge >= 0.3 is 0 Å². The number of likely N-dealkylation sites (N-methyl/N-ethyl adjacent to an activating group) is 1. The Bertz CT molecular complexity index is 805. The number of hydrogen-bond donors (Lipinski definition) is 1. The standard InChI is InChI=1S/C20H22N2O.ClH.FH/c1-3-13-11-22(2)9-8-20-16-6-4-5-7-17(16)21-19(20)15(12-23)14(13)10-18(20)22;;/h3-7,12,14,18H,8-11H2,1-2H3;2*1H/b13-3-;;/t14-,18-,20+,22?;;/m0../s1. The molecule has 1 spiro atoms. The van der Waals surface area contributed by atoms with E-state index in [1.54, 1.807) is 0 Å². The van der Waals surface area contributed by atoms with Gasteiger partial charge in [-0.2, -0.15) is 0 Å². The van der Waals surface area contributed by atoms with Crippen molar-refractivity contribution >= 4 is 12.0 Å². The molecule has 2 fully saturated rings. The molecule has 2 saturated heterocycles. The number of allylic oxidation sites excluding steroid dienone is 2. The van der Waals surface area contributed by atoms with Gasteiger partial charge in [0.1, 0.15) is 18.9 Å². The summed E-state index contributed by atoms with van der Waals surface area (Å²) in [4.78, 5) is 12.0. The van der Waals surface area contributed by atoms with Crippen LogP contribution in [0.1, 0.15) is 25.3 Å². The Morgan fingerprint density at radius 1 is 1.32 bits per heavy atom. The molecule has 4 aliphatic rings. The number of anilines is 1. The minimum absolute atomic E-state index is 0. The molecule has 5 heteroatoms. The number of nitrogens with one attached hydrogen (secondary N) is 1. The van der Waals surface area contributed by atoms with Crippen molar-refractivity contribution in [2.45, 2.75) is 31.2 Å². The zero-order valence-corrected chi connectivity index (χ0v) is 15.3. The van der Waals surface area contributed by atoms with Crippen LogP contribution in [-0.2, 0) is 10.2 Å². The summed E-state index contributed by atoms with van der Waals surface area (Å²) < 4.78 is 1.13. The lowest BCUT2D eigenvalue weighted by atomic mass is 9.61. The van der Waals surface area contributed by atoms with Crippen LogP contribution in [0.3, 0.4) is 0 Å². The molecule has 134 valence electrons. The summed E-state index contributed by atoms with van der Waals surface area (Å²) in [7, 11) is 2.42. The van der Waals surface area contributed by atoms with E-state index in [1.807, 2.05) is 0 Å². The smallest absolute Gasteiger partial charge is 0.148 e. The lowest BCUT2D eigenvalue weighted by Gasteiger charge is -2.51. The van der Waals surface area contributed by atoms with Gasteiger partial charge in [0.25, 0.3) is 0 Å². The molecule has 1 aromatic carbocycles. The third-order valence-corrected chi connectivity index (χ3v) is 7.06. The number of halogens is 2. The van der Waals surface area contributed by atoms with Crippen LogP contribution in [-0.4, -0.2) is 36.9 Å². The highest BCUT2D eigenvalue weighted by Crippen LogP contribution is 2.62. The molecule has 5 rings (SSSR count). The second kappa shape index (κ2) is 5.68. The second-order valence-corrected chi connectivity index (χ2v) is 7.87. The van der Waals surface area contributed by atoms with E-state index in [0.29, 0.717) is 12.0 Å². The average Bonchev–Trinajstić information content (AvgIpc) is 3.08. The molecule has 0 radical (unpaired) electrons. The zero-order chi connectivity index (χ0) is 15.8. The van der Waals surface area contributed by atoms with E-state index in [1.165, 1.54) is 29.1 Å². The van der Waals surface area contributed by atoms with Gasteiger partial charge in [0.15, 0.2) is 0 Å². The number of benzene rings is 1. The largest absolute Gasteiger partial charge is 1.00 e. The fourth-order valence-corrected chi connectivity index (χ4v) is 6.07. The molecule has 3 aliphatic heterocycles. The van der Waals surface area contributed by atoms with Crippen molar-refractivity contribution in [1.82, 2.24) is 0 Å². The lowest BCUT2D eigenvalue weighted by molar-refractivity contribution is -0.923. The Hall–Kier alpha value is -1.65. The normalized spacial score (nSPS) is 38.2. The first-order valence-corrected chi connectivity index (χ1v) is 8.70. The topological polar surface area (TPSA) is 29.1 Å². The van der Waals surface area contributed by atoms with Crippen LogP contribution in [0.25, 0.3) is 0 Å². The summed E-state index contributed by atoms with van der Waals surface area (Å²) in [6.07, 6.45) is 5.65. The van der Waals surface area contributed by atoms with Crippen molar-refractivity contribution < 1.29 is 26.4 Å². The molecule has 1 aromatic rings. The summed E-state index contributed by atoms with van der Waals surface area (Å²) in [5.74, 6) is 0.316. The molecule has 0 saturated carbocycles. The predicted octanol–water partition coefficient (Wildman–Crippen LogP) is 0.158. The van der Waals surface area contributed by atoms with E-state index < -0.39 is 0 Å². The van der Waals surface area contributed by atoms with Crippen molar-refractivity contribution in [1.29, 1.82) is 0 Å². The van der Waals surface area contributed by atoms with Gasteiger partial charge in [0.2, 0.25) is 0 Å². The Labute approximate surface area is 154 Å². The highest BCUT2D eigenvalue weighted by Gasteiger charge is 2.67. The van der Waals surface area contributed by atoms with Crippen molar-refractivity contribution in [2.75, 3.05) is 25.5 Å². The molecule has 3 heterocycles. The summed E-state index contributed by atoms with van der Waals surface area (Å²) in [6, 6.07) is 9.27.